The summed E-state index contributed by atoms with van der Waals surface area (Å²) >= 11 is 0. The van der Waals surface area contributed by atoms with Crippen molar-refractivity contribution in [3.05, 3.63) is 32.4 Å². The highest BCUT2D eigenvalue weighted by Gasteiger charge is 2.11. The van der Waals surface area contributed by atoms with Crippen molar-refractivity contribution in [1.29, 1.82) is 0 Å². The molecule has 0 heterocycles. The molecule has 0 aliphatic heterocycles. The minimum atomic E-state index is -0.194. The first-order valence-corrected chi connectivity index (χ1v) is 3.88. The Morgan fingerprint density at radius 3 is 2.75 bits per heavy atom. The van der Waals surface area contributed by atoms with E-state index in [9.17, 15) is 4.79 Å². The van der Waals surface area contributed by atoms with Crippen LogP contribution >= 0.6 is 0 Å². The Morgan fingerprint density at radius 1 is 1.67 bits per heavy atom. The molecule has 2 nitrogen and oxygen atoms in total. The molecule has 0 amide bonds. The van der Waals surface area contributed by atoms with Crippen LogP contribution in [-0.4, -0.2) is 13.1 Å². The Bertz CT molecular complexity index is 141. The molecule has 0 aromatic carbocycles. The zero-order valence-electron chi connectivity index (χ0n) is 7.45. The molecule has 0 aromatic rings. The third-order valence-electron chi connectivity index (χ3n) is 1.53. The fourth-order valence-electron chi connectivity index (χ4n) is 0.934. The Balaban J connectivity index is 3.76. The van der Waals surface area contributed by atoms with Crippen molar-refractivity contribution in [3.8, 4) is 0 Å². The Kier molecular flexibility index (Phi) is 6.44. The average Bonchev–Trinajstić information content (AvgIpc) is 2.05. The van der Waals surface area contributed by atoms with Crippen LogP contribution in [0.4, 0.5) is 0 Å². The monoisotopic (exact) mass is 167 g/mol. The Morgan fingerprint density at radius 2 is 2.33 bits per heavy atom. The molecule has 67 valence electrons. The van der Waals surface area contributed by atoms with E-state index in [1.165, 1.54) is 7.11 Å². The van der Waals surface area contributed by atoms with Gasteiger partial charge in [0.1, 0.15) is 0 Å². The van der Waals surface area contributed by atoms with Gasteiger partial charge in [0.25, 0.3) is 0 Å². The molecular formula is C10H15O2. The molecule has 0 aromatic heterocycles. The van der Waals surface area contributed by atoms with Crippen molar-refractivity contribution >= 4 is 5.97 Å². The summed E-state index contributed by atoms with van der Waals surface area (Å²) in [4.78, 5) is 10.9. The first kappa shape index (κ1) is 11.2. The molecule has 0 bridgehead atoms. The summed E-state index contributed by atoms with van der Waals surface area (Å²) in [5.74, 6) is -0.0209. The zero-order valence-corrected chi connectivity index (χ0v) is 7.45. The van der Waals surface area contributed by atoms with Crippen LogP contribution < -0.4 is 0 Å². The summed E-state index contributed by atoms with van der Waals surface area (Å²) in [5, 5.41) is 0. The van der Waals surface area contributed by atoms with Crippen LogP contribution in [0.3, 0.4) is 0 Å². The van der Waals surface area contributed by atoms with E-state index in [2.05, 4.69) is 18.2 Å². The quantitative estimate of drug-likeness (QED) is 0.446. The van der Waals surface area contributed by atoms with Crippen molar-refractivity contribution in [2.75, 3.05) is 7.11 Å². The molecule has 0 N–H and O–H groups in total. The molecule has 0 fully saturated rings. The first-order chi connectivity index (χ1) is 5.74. The molecule has 0 spiro atoms. The van der Waals surface area contributed by atoms with E-state index in [0.29, 0.717) is 6.42 Å². The highest BCUT2D eigenvalue weighted by atomic mass is 16.5. The average molecular weight is 167 g/mol. The number of methoxy groups -OCH3 is 1. The van der Waals surface area contributed by atoms with E-state index < -0.39 is 0 Å². The number of allylic oxidation sites excluding steroid dienone is 1. The largest absolute Gasteiger partial charge is 0.469 e. The molecule has 0 saturated carbocycles. The van der Waals surface area contributed by atoms with E-state index in [4.69, 9.17) is 0 Å². The molecule has 1 atom stereocenters. The van der Waals surface area contributed by atoms with Gasteiger partial charge in [-0.2, -0.15) is 0 Å². The van der Waals surface area contributed by atoms with Crippen LogP contribution in [0.1, 0.15) is 12.8 Å². The fraction of sp³-hybridized carbons (Fsp3) is 0.400. The minimum absolute atomic E-state index is 0.174. The van der Waals surface area contributed by atoms with Gasteiger partial charge in [0, 0.05) is 6.42 Å². The number of carbonyl (C=O) groups excluding carboxylic acids is 1. The summed E-state index contributed by atoms with van der Waals surface area (Å²) in [6.07, 6.45) is 6.54. The van der Waals surface area contributed by atoms with Gasteiger partial charge in [0.05, 0.1) is 7.11 Å². The summed E-state index contributed by atoms with van der Waals surface area (Å²) in [6.45, 7) is 7.18. The number of hydrogen-bond acceptors (Lipinski definition) is 2. The summed E-state index contributed by atoms with van der Waals surface area (Å²) in [6, 6.07) is 0. The fourth-order valence-corrected chi connectivity index (χ4v) is 0.934. The number of carbonyl (C=O) groups is 1. The van der Waals surface area contributed by atoms with Gasteiger partial charge in [0.2, 0.25) is 0 Å². The predicted molar refractivity (Wildman–Crippen MR) is 48.9 cm³/mol. The maximum absolute atomic E-state index is 10.9. The van der Waals surface area contributed by atoms with Crippen LogP contribution in [0.15, 0.2) is 12.7 Å². The van der Waals surface area contributed by atoms with E-state index in [1.807, 2.05) is 6.42 Å². The standard InChI is InChI=1S/C10H15O2/c1-4-6-9(7-5-2)8-10(11)12-3/h4-6,9H,1-2,7-8H2,3H3/t9-/m1/s1. The molecule has 0 saturated heterocycles. The normalized spacial score (nSPS) is 12.2. The lowest BCUT2D eigenvalue weighted by Gasteiger charge is -2.10. The van der Waals surface area contributed by atoms with Gasteiger partial charge in [0.15, 0.2) is 0 Å². The van der Waals surface area contributed by atoms with E-state index in [-0.39, 0.29) is 11.9 Å². The lowest BCUT2D eigenvalue weighted by molar-refractivity contribution is -0.141. The topological polar surface area (TPSA) is 26.3 Å². The van der Waals surface area contributed by atoms with Gasteiger partial charge >= 0.3 is 5.97 Å². The Labute approximate surface area is 74.6 Å². The second-order valence-corrected chi connectivity index (χ2v) is 2.49. The molecule has 2 heteroatoms. The van der Waals surface area contributed by atoms with Gasteiger partial charge in [-0.25, -0.2) is 0 Å². The van der Waals surface area contributed by atoms with Gasteiger partial charge in [-0.15, -0.1) is 6.58 Å². The van der Waals surface area contributed by atoms with Crippen LogP contribution in [-0.2, 0) is 9.53 Å². The maximum Gasteiger partial charge on any atom is 0.305 e. The molecule has 0 unspecified atom stereocenters. The third kappa shape index (κ3) is 4.94. The van der Waals surface area contributed by atoms with Crippen molar-refractivity contribution in [1.82, 2.24) is 0 Å². The van der Waals surface area contributed by atoms with Gasteiger partial charge in [-0.3, -0.25) is 4.79 Å². The van der Waals surface area contributed by atoms with E-state index in [0.717, 1.165) is 6.42 Å². The number of hydrogen-bond donors (Lipinski definition) is 0. The summed E-state index contributed by atoms with van der Waals surface area (Å²) in [7, 11) is 1.39. The smallest absolute Gasteiger partial charge is 0.305 e. The first-order valence-electron chi connectivity index (χ1n) is 3.88. The van der Waals surface area contributed by atoms with Crippen molar-refractivity contribution in [3.63, 3.8) is 0 Å². The number of ether oxygens (including phenoxy) is 1. The molecule has 3 radical (unpaired) electrons. The highest BCUT2D eigenvalue weighted by molar-refractivity contribution is 5.69. The van der Waals surface area contributed by atoms with Crippen LogP contribution in [0.5, 0.6) is 0 Å². The van der Waals surface area contributed by atoms with Crippen molar-refractivity contribution in [2.45, 2.75) is 12.8 Å². The second kappa shape index (κ2) is 6.89. The lowest BCUT2D eigenvalue weighted by Crippen LogP contribution is -2.09. The number of rotatable bonds is 6. The van der Waals surface area contributed by atoms with Crippen molar-refractivity contribution < 1.29 is 9.53 Å². The van der Waals surface area contributed by atoms with Gasteiger partial charge in [-0.1, -0.05) is 6.08 Å². The lowest BCUT2D eigenvalue weighted by atomic mass is 9.96. The summed E-state index contributed by atoms with van der Waals surface area (Å²) < 4.78 is 4.55. The SMILES string of the molecule is [CH2][CH][CH][C@H](CC=C)CC(=O)OC. The van der Waals surface area contributed by atoms with Crippen LogP contribution in [0, 0.1) is 25.7 Å². The maximum atomic E-state index is 10.9. The van der Waals surface area contributed by atoms with Gasteiger partial charge < -0.3 is 4.74 Å². The molecule has 12 heavy (non-hydrogen) atoms. The molecule has 0 aliphatic carbocycles. The predicted octanol–water partition coefficient (Wildman–Crippen LogP) is 1.98. The van der Waals surface area contributed by atoms with Crippen LogP contribution in [0.25, 0.3) is 0 Å². The second-order valence-electron chi connectivity index (χ2n) is 2.49. The van der Waals surface area contributed by atoms with E-state index in [1.54, 1.807) is 12.5 Å². The highest BCUT2D eigenvalue weighted by Crippen LogP contribution is 2.14. The third-order valence-corrected chi connectivity index (χ3v) is 1.53. The molecular weight excluding hydrogens is 152 g/mol. The zero-order chi connectivity index (χ0) is 9.40. The van der Waals surface area contributed by atoms with Gasteiger partial charge in [-0.05, 0) is 32.1 Å². The van der Waals surface area contributed by atoms with E-state index >= 15 is 0 Å². The minimum Gasteiger partial charge on any atom is -0.469 e. The summed E-state index contributed by atoms with van der Waals surface area (Å²) in [5.41, 5.74) is 0. The molecule has 0 rings (SSSR count). The van der Waals surface area contributed by atoms with Crippen LogP contribution in [0.2, 0.25) is 0 Å². The number of esters is 1. The van der Waals surface area contributed by atoms with Crippen molar-refractivity contribution in [2.24, 2.45) is 5.92 Å². The Hall–Kier alpha value is -0.790. The molecule has 0 aliphatic rings.